The topological polar surface area (TPSA) is 26.3 Å². The molecular weight excluding hydrogens is 188 g/mol. The number of hydrogen-bond donors (Lipinski definition) is 0. The van der Waals surface area contributed by atoms with Gasteiger partial charge in [-0.05, 0) is 38.3 Å². The number of Topliss-reactive ketones (excluding diaryl/α,β-unsaturated/α-hetero) is 1. The molecule has 0 aromatic carbocycles. The molecule has 0 radical (unpaired) electrons. The van der Waals surface area contributed by atoms with Gasteiger partial charge >= 0.3 is 0 Å². The molecule has 0 saturated heterocycles. The lowest BCUT2D eigenvalue weighted by molar-refractivity contribution is -0.125. The number of rotatable bonds is 1. The second-order valence-electron chi connectivity index (χ2n) is 4.88. The highest BCUT2D eigenvalue weighted by Crippen LogP contribution is 2.43. The van der Waals surface area contributed by atoms with Crippen LogP contribution in [0.1, 0.15) is 39.5 Å². The first kappa shape index (κ1) is 10.5. The minimum atomic E-state index is -0.308. The molecule has 2 rings (SSSR count). The van der Waals surface area contributed by atoms with Gasteiger partial charge in [0.25, 0.3) is 0 Å². The van der Waals surface area contributed by atoms with E-state index in [1.165, 1.54) is 11.1 Å². The molecule has 82 valence electrons. The molecule has 0 saturated carbocycles. The Labute approximate surface area is 91.0 Å². The molecule has 0 spiro atoms. The molecule has 0 unspecified atom stereocenters. The average Bonchev–Trinajstić information content (AvgIpc) is 2.24. The molecule has 0 fully saturated rings. The van der Waals surface area contributed by atoms with Gasteiger partial charge < -0.3 is 4.74 Å². The summed E-state index contributed by atoms with van der Waals surface area (Å²) in [6, 6.07) is 0. The van der Waals surface area contributed by atoms with Crippen LogP contribution in [0.5, 0.6) is 0 Å². The maximum Gasteiger partial charge on any atom is 0.143 e. The second kappa shape index (κ2) is 3.51. The fraction of sp³-hybridized carbons (Fsp3) is 0.615. The van der Waals surface area contributed by atoms with Gasteiger partial charge in [0.15, 0.2) is 0 Å². The molecule has 0 amide bonds. The smallest absolute Gasteiger partial charge is 0.143 e. The lowest BCUT2D eigenvalue weighted by Crippen LogP contribution is -2.31. The van der Waals surface area contributed by atoms with Gasteiger partial charge in [-0.1, -0.05) is 5.57 Å². The lowest BCUT2D eigenvalue weighted by Gasteiger charge is -2.34. The van der Waals surface area contributed by atoms with Gasteiger partial charge in [0.2, 0.25) is 0 Å². The molecule has 2 aliphatic carbocycles. The number of allylic oxidation sites excluding steroid dienone is 4. The number of ketones is 1. The molecule has 0 N–H and O–H groups in total. The zero-order valence-electron chi connectivity index (χ0n) is 9.72. The normalized spacial score (nSPS) is 24.7. The van der Waals surface area contributed by atoms with Crippen molar-refractivity contribution in [3.05, 3.63) is 23.0 Å². The van der Waals surface area contributed by atoms with Crippen LogP contribution >= 0.6 is 0 Å². The van der Waals surface area contributed by atoms with Crippen LogP contribution in [0.4, 0.5) is 0 Å². The van der Waals surface area contributed by atoms with E-state index < -0.39 is 0 Å². The summed E-state index contributed by atoms with van der Waals surface area (Å²) < 4.78 is 5.28. The van der Waals surface area contributed by atoms with Crippen LogP contribution in [-0.4, -0.2) is 12.9 Å². The van der Waals surface area contributed by atoms with Crippen molar-refractivity contribution in [1.82, 2.24) is 0 Å². The Morgan fingerprint density at radius 3 is 2.53 bits per heavy atom. The fourth-order valence-corrected chi connectivity index (χ4v) is 2.51. The molecule has 0 heterocycles. The summed E-state index contributed by atoms with van der Waals surface area (Å²) in [5.41, 5.74) is 2.36. The lowest BCUT2D eigenvalue weighted by atomic mass is 9.69. The van der Waals surface area contributed by atoms with Gasteiger partial charge in [0.05, 0.1) is 12.9 Å². The summed E-state index contributed by atoms with van der Waals surface area (Å²) in [4.78, 5) is 11.9. The second-order valence-corrected chi connectivity index (χ2v) is 4.88. The standard InChI is InChI=1S/C13H18O2/c1-13(2)11-8-10(15-3)6-4-9(11)5-7-12(13)14/h8H,4-7H2,1-3H3. The fourth-order valence-electron chi connectivity index (χ4n) is 2.51. The van der Waals surface area contributed by atoms with Crippen molar-refractivity contribution in [2.75, 3.05) is 7.11 Å². The van der Waals surface area contributed by atoms with E-state index in [1.807, 2.05) is 13.8 Å². The van der Waals surface area contributed by atoms with E-state index in [4.69, 9.17) is 4.74 Å². The molecule has 0 aliphatic heterocycles. The van der Waals surface area contributed by atoms with E-state index in [-0.39, 0.29) is 5.41 Å². The Balaban J connectivity index is 2.43. The van der Waals surface area contributed by atoms with Crippen LogP contribution in [-0.2, 0) is 9.53 Å². The van der Waals surface area contributed by atoms with E-state index in [1.54, 1.807) is 7.11 Å². The van der Waals surface area contributed by atoms with Gasteiger partial charge in [0, 0.05) is 18.3 Å². The minimum absolute atomic E-state index is 0.308. The molecule has 0 bridgehead atoms. The number of carbonyl (C=O) groups excluding carboxylic acids is 1. The van der Waals surface area contributed by atoms with Crippen LogP contribution in [0.2, 0.25) is 0 Å². The summed E-state index contributed by atoms with van der Waals surface area (Å²) in [6.07, 6.45) is 5.79. The van der Waals surface area contributed by atoms with Gasteiger partial charge in [0.1, 0.15) is 5.78 Å². The summed E-state index contributed by atoms with van der Waals surface area (Å²) in [7, 11) is 1.70. The van der Waals surface area contributed by atoms with Crippen molar-refractivity contribution >= 4 is 5.78 Å². The molecule has 15 heavy (non-hydrogen) atoms. The van der Waals surface area contributed by atoms with Crippen LogP contribution in [0.3, 0.4) is 0 Å². The van der Waals surface area contributed by atoms with Crippen LogP contribution in [0, 0.1) is 5.41 Å². The van der Waals surface area contributed by atoms with E-state index in [2.05, 4.69) is 6.08 Å². The largest absolute Gasteiger partial charge is 0.501 e. The predicted octanol–water partition coefficient (Wildman–Crippen LogP) is 3.00. The Kier molecular flexibility index (Phi) is 2.45. The first-order valence-corrected chi connectivity index (χ1v) is 5.56. The molecular formula is C13H18O2. The van der Waals surface area contributed by atoms with E-state index in [0.29, 0.717) is 12.2 Å². The number of ether oxygens (including phenoxy) is 1. The van der Waals surface area contributed by atoms with Gasteiger partial charge in [-0.2, -0.15) is 0 Å². The Morgan fingerprint density at radius 2 is 1.87 bits per heavy atom. The number of methoxy groups -OCH3 is 1. The number of hydrogen-bond acceptors (Lipinski definition) is 2. The Bertz CT molecular complexity index is 359. The van der Waals surface area contributed by atoms with Crippen molar-refractivity contribution in [2.24, 2.45) is 5.41 Å². The average molecular weight is 206 g/mol. The highest BCUT2D eigenvalue weighted by molar-refractivity contribution is 5.89. The van der Waals surface area contributed by atoms with Gasteiger partial charge in [-0.3, -0.25) is 4.79 Å². The first-order chi connectivity index (χ1) is 7.05. The first-order valence-electron chi connectivity index (χ1n) is 5.56. The summed E-state index contributed by atoms with van der Waals surface area (Å²) in [5.74, 6) is 1.37. The Hall–Kier alpha value is -1.05. The van der Waals surface area contributed by atoms with Crippen molar-refractivity contribution in [3.8, 4) is 0 Å². The maximum absolute atomic E-state index is 11.9. The van der Waals surface area contributed by atoms with E-state index >= 15 is 0 Å². The minimum Gasteiger partial charge on any atom is -0.501 e. The predicted molar refractivity (Wildman–Crippen MR) is 59.4 cm³/mol. The SMILES string of the molecule is COC1=CC2=C(CCC(=O)C2(C)C)CC1. The van der Waals surface area contributed by atoms with Gasteiger partial charge in [-0.15, -0.1) is 0 Å². The Morgan fingerprint density at radius 1 is 1.20 bits per heavy atom. The van der Waals surface area contributed by atoms with E-state index in [9.17, 15) is 4.79 Å². The highest BCUT2D eigenvalue weighted by Gasteiger charge is 2.37. The summed E-state index contributed by atoms with van der Waals surface area (Å²) in [6.45, 7) is 4.05. The van der Waals surface area contributed by atoms with E-state index in [0.717, 1.165) is 25.0 Å². The quantitative estimate of drug-likeness (QED) is 0.659. The van der Waals surface area contributed by atoms with Crippen LogP contribution in [0.15, 0.2) is 23.0 Å². The monoisotopic (exact) mass is 206 g/mol. The zero-order valence-corrected chi connectivity index (χ0v) is 9.72. The van der Waals surface area contributed by atoms with Crippen molar-refractivity contribution < 1.29 is 9.53 Å². The van der Waals surface area contributed by atoms with Gasteiger partial charge in [-0.25, -0.2) is 0 Å². The van der Waals surface area contributed by atoms with Crippen LogP contribution < -0.4 is 0 Å². The van der Waals surface area contributed by atoms with Crippen molar-refractivity contribution in [1.29, 1.82) is 0 Å². The zero-order chi connectivity index (χ0) is 11.1. The maximum atomic E-state index is 11.9. The van der Waals surface area contributed by atoms with Crippen LogP contribution in [0.25, 0.3) is 0 Å². The molecule has 2 aliphatic rings. The summed E-state index contributed by atoms with van der Waals surface area (Å²) in [5, 5.41) is 0. The molecule has 0 atom stereocenters. The third kappa shape index (κ3) is 1.62. The van der Waals surface area contributed by atoms with Crippen molar-refractivity contribution in [2.45, 2.75) is 39.5 Å². The molecule has 0 aromatic heterocycles. The third-order valence-corrected chi connectivity index (χ3v) is 3.65. The summed E-state index contributed by atoms with van der Waals surface area (Å²) >= 11 is 0. The molecule has 2 heteroatoms. The van der Waals surface area contributed by atoms with Crippen molar-refractivity contribution in [3.63, 3.8) is 0 Å². The highest BCUT2D eigenvalue weighted by atomic mass is 16.5. The number of carbonyl (C=O) groups is 1. The molecule has 2 nitrogen and oxygen atoms in total. The third-order valence-electron chi connectivity index (χ3n) is 3.65. The molecule has 0 aromatic rings.